The first-order valence-electron chi connectivity index (χ1n) is 7.34. The molecule has 0 N–H and O–H groups in total. The van der Waals surface area contributed by atoms with E-state index in [0.29, 0.717) is 29.8 Å². The van der Waals surface area contributed by atoms with Crippen LogP contribution in [0, 0.1) is 5.82 Å². The molecule has 1 saturated carbocycles. The first kappa shape index (κ1) is 12.3. The van der Waals surface area contributed by atoms with E-state index in [-0.39, 0.29) is 11.6 Å². The molecule has 0 bridgehead atoms. The zero-order valence-corrected chi connectivity index (χ0v) is 11.6. The Bertz CT molecular complexity index is 584. The number of hydrogen-bond donors (Lipinski definition) is 0. The van der Waals surface area contributed by atoms with Crippen LogP contribution in [0.25, 0.3) is 0 Å². The summed E-state index contributed by atoms with van der Waals surface area (Å²) in [6.07, 6.45) is 3.77. The highest BCUT2D eigenvalue weighted by Gasteiger charge is 2.51. The fraction of sp³-hybridized carbons (Fsp3) is 0.562. The number of hydrogen-bond acceptors (Lipinski definition) is 3. The van der Waals surface area contributed by atoms with Gasteiger partial charge in [-0.05, 0) is 38.0 Å². The summed E-state index contributed by atoms with van der Waals surface area (Å²) in [5.74, 6) is 0.180. The van der Waals surface area contributed by atoms with Gasteiger partial charge >= 0.3 is 0 Å². The maximum atomic E-state index is 13.3. The number of halogens is 1. The Morgan fingerprint density at radius 2 is 2.20 bits per heavy atom. The summed E-state index contributed by atoms with van der Waals surface area (Å²) in [4.78, 5) is 14.8. The SMILES string of the molecule is CC1CC2(CC(=O)c3cc(F)ccc3O2)CN1C1CC1. The van der Waals surface area contributed by atoms with Crippen LogP contribution in [0.15, 0.2) is 18.2 Å². The van der Waals surface area contributed by atoms with Crippen LogP contribution in [-0.4, -0.2) is 34.9 Å². The molecular weight excluding hydrogens is 257 g/mol. The molecule has 4 heteroatoms. The minimum Gasteiger partial charge on any atom is -0.485 e. The number of rotatable bonds is 1. The van der Waals surface area contributed by atoms with E-state index in [4.69, 9.17) is 4.74 Å². The van der Waals surface area contributed by atoms with Gasteiger partial charge in [-0.15, -0.1) is 0 Å². The van der Waals surface area contributed by atoms with Crippen molar-refractivity contribution in [2.75, 3.05) is 6.54 Å². The van der Waals surface area contributed by atoms with E-state index in [2.05, 4.69) is 11.8 Å². The lowest BCUT2D eigenvalue weighted by atomic mass is 9.88. The summed E-state index contributed by atoms with van der Waals surface area (Å²) in [6, 6.07) is 5.38. The van der Waals surface area contributed by atoms with E-state index < -0.39 is 5.60 Å². The van der Waals surface area contributed by atoms with Crippen molar-refractivity contribution in [2.24, 2.45) is 0 Å². The number of Topliss-reactive ketones (excluding diaryl/α,β-unsaturated/α-hetero) is 1. The van der Waals surface area contributed by atoms with Crippen LogP contribution < -0.4 is 4.74 Å². The van der Waals surface area contributed by atoms with Crippen LogP contribution in [0.3, 0.4) is 0 Å². The Morgan fingerprint density at radius 3 is 2.95 bits per heavy atom. The molecule has 1 saturated heterocycles. The number of nitrogens with zero attached hydrogens (tertiary/aromatic N) is 1. The number of ether oxygens (including phenoxy) is 1. The van der Waals surface area contributed by atoms with Crippen LogP contribution in [0.4, 0.5) is 4.39 Å². The topological polar surface area (TPSA) is 29.5 Å². The van der Waals surface area contributed by atoms with E-state index >= 15 is 0 Å². The van der Waals surface area contributed by atoms with Gasteiger partial charge in [-0.1, -0.05) is 0 Å². The predicted molar refractivity (Wildman–Crippen MR) is 72.5 cm³/mol. The quantitative estimate of drug-likeness (QED) is 0.789. The number of carbonyl (C=O) groups is 1. The summed E-state index contributed by atoms with van der Waals surface area (Å²) >= 11 is 0. The van der Waals surface area contributed by atoms with Crippen LogP contribution in [0.5, 0.6) is 5.75 Å². The molecule has 1 aromatic carbocycles. The third kappa shape index (κ3) is 1.85. The lowest BCUT2D eigenvalue weighted by Gasteiger charge is -2.34. The van der Waals surface area contributed by atoms with E-state index in [9.17, 15) is 9.18 Å². The minimum absolute atomic E-state index is 0.00981. The summed E-state index contributed by atoms with van der Waals surface area (Å²) in [7, 11) is 0. The normalized spacial score (nSPS) is 33.3. The average molecular weight is 275 g/mol. The zero-order chi connectivity index (χ0) is 13.9. The van der Waals surface area contributed by atoms with Crippen molar-refractivity contribution >= 4 is 5.78 Å². The van der Waals surface area contributed by atoms with Gasteiger partial charge in [0.25, 0.3) is 0 Å². The Balaban J connectivity index is 1.66. The molecule has 2 heterocycles. The van der Waals surface area contributed by atoms with Gasteiger partial charge in [0.05, 0.1) is 12.0 Å². The van der Waals surface area contributed by atoms with Gasteiger partial charge in [0.2, 0.25) is 0 Å². The monoisotopic (exact) mass is 275 g/mol. The van der Waals surface area contributed by atoms with Gasteiger partial charge in [0, 0.05) is 25.0 Å². The van der Waals surface area contributed by atoms with Gasteiger partial charge in [-0.25, -0.2) is 4.39 Å². The second-order valence-corrected chi connectivity index (χ2v) is 6.48. The van der Waals surface area contributed by atoms with Crippen LogP contribution in [-0.2, 0) is 0 Å². The van der Waals surface area contributed by atoms with Crippen LogP contribution >= 0.6 is 0 Å². The highest BCUT2D eigenvalue weighted by atomic mass is 19.1. The van der Waals surface area contributed by atoms with Crippen LogP contribution in [0.1, 0.15) is 43.0 Å². The highest BCUT2D eigenvalue weighted by molar-refractivity contribution is 6.00. The molecule has 0 radical (unpaired) electrons. The first-order chi connectivity index (χ1) is 9.56. The molecule has 3 aliphatic rings. The van der Waals surface area contributed by atoms with Gasteiger partial charge < -0.3 is 4.74 Å². The predicted octanol–water partition coefficient (Wildman–Crippen LogP) is 2.79. The summed E-state index contributed by atoms with van der Waals surface area (Å²) in [5, 5.41) is 0. The molecule has 106 valence electrons. The molecule has 0 aromatic heterocycles. The molecule has 0 amide bonds. The molecule has 2 aliphatic heterocycles. The van der Waals surface area contributed by atoms with Crippen molar-refractivity contribution in [1.82, 2.24) is 4.90 Å². The van der Waals surface area contributed by atoms with Gasteiger partial charge in [-0.3, -0.25) is 9.69 Å². The molecule has 3 nitrogen and oxygen atoms in total. The first-order valence-corrected chi connectivity index (χ1v) is 7.34. The second kappa shape index (κ2) is 4.04. The van der Waals surface area contributed by atoms with Gasteiger partial charge in [-0.2, -0.15) is 0 Å². The lowest BCUT2D eigenvalue weighted by Crippen LogP contribution is -2.44. The third-order valence-corrected chi connectivity index (χ3v) is 4.77. The van der Waals surface area contributed by atoms with E-state index in [1.54, 1.807) is 6.07 Å². The molecular formula is C16H18FNO2. The standard InChI is InChI=1S/C16H18FNO2/c1-10-7-16(9-18(10)12-3-4-12)8-14(19)13-6-11(17)2-5-15(13)20-16/h2,5-6,10,12H,3-4,7-9H2,1H3. The van der Waals surface area contributed by atoms with Crippen molar-refractivity contribution in [3.05, 3.63) is 29.6 Å². The van der Waals surface area contributed by atoms with E-state index in [0.717, 1.165) is 13.0 Å². The van der Waals surface area contributed by atoms with Crippen molar-refractivity contribution in [1.29, 1.82) is 0 Å². The molecule has 4 rings (SSSR count). The average Bonchev–Trinajstić information content (AvgIpc) is 3.17. The molecule has 2 fully saturated rings. The Labute approximate surface area is 117 Å². The smallest absolute Gasteiger partial charge is 0.170 e. The number of benzene rings is 1. The summed E-state index contributed by atoms with van der Waals surface area (Å²) in [5.41, 5.74) is -0.00245. The van der Waals surface area contributed by atoms with Crippen molar-refractivity contribution in [3.8, 4) is 5.75 Å². The molecule has 2 atom stereocenters. The Hall–Kier alpha value is -1.42. The maximum absolute atomic E-state index is 13.3. The van der Waals surface area contributed by atoms with Gasteiger partial charge in [0.15, 0.2) is 5.78 Å². The highest BCUT2D eigenvalue weighted by Crippen LogP contribution is 2.44. The minimum atomic E-state index is -0.399. The Kier molecular flexibility index (Phi) is 2.49. The fourth-order valence-electron chi connectivity index (χ4n) is 3.77. The number of fused-ring (bicyclic) bond motifs is 1. The van der Waals surface area contributed by atoms with E-state index in [1.165, 1.54) is 25.0 Å². The fourth-order valence-corrected chi connectivity index (χ4v) is 3.77. The molecule has 1 aliphatic carbocycles. The van der Waals surface area contributed by atoms with Crippen molar-refractivity contribution in [3.63, 3.8) is 0 Å². The number of carbonyl (C=O) groups excluding carboxylic acids is 1. The molecule has 1 spiro atoms. The number of ketones is 1. The zero-order valence-electron chi connectivity index (χ0n) is 11.6. The van der Waals surface area contributed by atoms with Crippen molar-refractivity contribution in [2.45, 2.75) is 50.3 Å². The van der Waals surface area contributed by atoms with Crippen LogP contribution in [0.2, 0.25) is 0 Å². The van der Waals surface area contributed by atoms with Gasteiger partial charge in [0.1, 0.15) is 17.2 Å². The summed E-state index contributed by atoms with van der Waals surface area (Å²) in [6.45, 7) is 3.03. The number of likely N-dealkylation sites (tertiary alicyclic amines) is 1. The van der Waals surface area contributed by atoms with Crippen molar-refractivity contribution < 1.29 is 13.9 Å². The van der Waals surface area contributed by atoms with E-state index in [1.807, 2.05) is 0 Å². The molecule has 1 aromatic rings. The largest absolute Gasteiger partial charge is 0.485 e. The third-order valence-electron chi connectivity index (χ3n) is 4.77. The Morgan fingerprint density at radius 1 is 1.40 bits per heavy atom. The maximum Gasteiger partial charge on any atom is 0.170 e. The molecule has 20 heavy (non-hydrogen) atoms. The lowest BCUT2D eigenvalue weighted by molar-refractivity contribution is 0.0453. The molecule has 2 unspecified atom stereocenters. The second-order valence-electron chi connectivity index (χ2n) is 6.48. The summed E-state index contributed by atoms with van der Waals surface area (Å²) < 4.78 is 19.4.